The Labute approximate surface area is 156 Å². The highest BCUT2D eigenvalue weighted by atomic mass is 16.5. The predicted molar refractivity (Wildman–Crippen MR) is 101 cm³/mol. The third-order valence-electron chi connectivity index (χ3n) is 4.94. The normalized spacial score (nSPS) is 16.3. The Morgan fingerprint density at radius 3 is 2.48 bits per heavy atom. The molecule has 0 aliphatic carbocycles. The molecule has 4 rings (SSSR count). The molecule has 1 aromatic heterocycles. The van der Waals surface area contributed by atoms with Crippen molar-refractivity contribution in [2.24, 2.45) is 0 Å². The molecular weight excluding hydrogens is 346 g/mol. The second kappa shape index (κ2) is 7.42. The minimum Gasteiger partial charge on any atom is -0.507 e. The van der Waals surface area contributed by atoms with E-state index in [1.54, 1.807) is 25.3 Å². The standard InChI is InChI=1S/C21H21NO5/c1-25-15-8-6-14(7-9-15)19(22-10-12-26-13-11-22)18-20(23)16-4-2-3-5-17(16)27-21(18)24/h2-9,19,23H,10-13H2,1H3. The Bertz CT molecular complexity index is 990. The fraction of sp³-hybridized carbons (Fsp3) is 0.286. The maximum Gasteiger partial charge on any atom is 0.345 e. The van der Waals surface area contributed by atoms with Gasteiger partial charge in [0, 0.05) is 13.1 Å². The maximum absolute atomic E-state index is 12.8. The zero-order valence-electron chi connectivity index (χ0n) is 15.1. The molecule has 1 aliphatic heterocycles. The average molecular weight is 367 g/mol. The summed E-state index contributed by atoms with van der Waals surface area (Å²) in [6.45, 7) is 2.46. The Morgan fingerprint density at radius 2 is 1.78 bits per heavy atom. The van der Waals surface area contributed by atoms with Gasteiger partial charge in [-0.25, -0.2) is 4.79 Å². The van der Waals surface area contributed by atoms with Crippen molar-refractivity contribution in [1.29, 1.82) is 0 Å². The SMILES string of the molecule is COc1ccc(C(c2c(O)c3ccccc3oc2=O)N2CCOCC2)cc1. The number of rotatable bonds is 4. The monoisotopic (exact) mass is 367 g/mol. The molecule has 1 atom stereocenters. The summed E-state index contributed by atoms with van der Waals surface area (Å²) in [4.78, 5) is 15.0. The molecule has 0 saturated carbocycles. The molecule has 6 nitrogen and oxygen atoms in total. The molecule has 6 heteroatoms. The first kappa shape index (κ1) is 17.6. The van der Waals surface area contributed by atoms with Crippen LogP contribution in [0.1, 0.15) is 17.2 Å². The van der Waals surface area contributed by atoms with Crippen molar-refractivity contribution in [2.75, 3.05) is 33.4 Å². The second-order valence-electron chi connectivity index (χ2n) is 6.47. The molecule has 1 saturated heterocycles. The summed E-state index contributed by atoms with van der Waals surface area (Å²) in [5.74, 6) is 0.698. The Morgan fingerprint density at radius 1 is 1.07 bits per heavy atom. The van der Waals surface area contributed by atoms with Crippen LogP contribution in [0.3, 0.4) is 0 Å². The molecule has 0 radical (unpaired) electrons. The largest absolute Gasteiger partial charge is 0.507 e. The van der Waals surface area contributed by atoms with E-state index in [0.29, 0.717) is 37.3 Å². The Hall–Kier alpha value is -2.83. The van der Waals surface area contributed by atoms with Gasteiger partial charge in [0.25, 0.3) is 0 Å². The molecule has 0 bridgehead atoms. The number of fused-ring (bicyclic) bond motifs is 1. The number of para-hydroxylation sites is 1. The van der Waals surface area contributed by atoms with Gasteiger partial charge < -0.3 is 19.0 Å². The number of benzene rings is 2. The first-order valence-corrected chi connectivity index (χ1v) is 8.89. The van der Waals surface area contributed by atoms with Crippen LogP contribution < -0.4 is 10.4 Å². The molecule has 2 aromatic carbocycles. The Balaban J connectivity index is 1.90. The van der Waals surface area contributed by atoms with Crippen LogP contribution in [0.25, 0.3) is 11.0 Å². The molecule has 1 aliphatic rings. The van der Waals surface area contributed by atoms with E-state index in [2.05, 4.69) is 4.90 Å². The molecule has 3 aromatic rings. The van der Waals surface area contributed by atoms with Gasteiger partial charge in [0.05, 0.1) is 31.8 Å². The van der Waals surface area contributed by atoms with Crippen LogP contribution in [0, 0.1) is 0 Å². The summed E-state index contributed by atoms with van der Waals surface area (Å²) >= 11 is 0. The van der Waals surface area contributed by atoms with E-state index in [0.717, 1.165) is 11.3 Å². The van der Waals surface area contributed by atoms with Crippen LogP contribution in [0.4, 0.5) is 0 Å². The summed E-state index contributed by atoms with van der Waals surface area (Å²) < 4.78 is 16.2. The lowest BCUT2D eigenvalue weighted by Gasteiger charge is -2.34. The number of ether oxygens (including phenoxy) is 2. The first-order valence-electron chi connectivity index (χ1n) is 8.89. The predicted octanol–water partition coefficient (Wildman–Crippen LogP) is 2.93. The summed E-state index contributed by atoms with van der Waals surface area (Å²) in [5, 5.41) is 11.5. The van der Waals surface area contributed by atoms with Gasteiger partial charge in [-0.05, 0) is 29.8 Å². The van der Waals surface area contributed by atoms with Gasteiger partial charge in [-0.3, -0.25) is 4.90 Å². The second-order valence-corrected chi connectivity index (χ2v) is 6.47. The van der Waals surface area contributed by atoms with E-state index < -0.39 is 11.7 Å². The number of hydrogen-bond acceptors (Lipinski definition) is 6. The molecule has 27 heavy (non-hydrogen) atoms. The first-order chi connectivity index (χ1) is 13.2. The topological polar surface area (TPSA) is 72.1 Å². The van der Waals surface area contributed by atoms with Gasteiger partial charge in [0.2, 0.25) is 0 Å². The van der Waals surface area contributed by atoms with Gasteiger partial charge in [0.1, 0.15) is 22.6 Å². The van der Waals surface area contributed by atoms with E-state index in [-0.39, 0.29) is 11.3 Å². The molecule has 0 spiro atoms. The minimum absolute atomic E-state index is 0.0332. The highest BCUT2D eigenvalue weighted by molar-refractivity contribution is 5.84. The van der Waals surface area contributed by atoms with Crippen LogP contribution >= 0.6 is 0 Å². The molecule has 2 heterocycles. The summed E-state index contributed by atoms with van der Waals surface area (Å²) in [6, 6.07) is 14.1. The van der Waals surface area contributed by atoms with Crippen LogP contribution in [-0.4, -0.2) is 43.4 Å². The molecule has 1 N–H and O–H groups in total. The van der Waals surface area contributed by atoms with Crippen molar-refractivity contribution < 1.29 is 19.0 Å². The Kier molecular flexibility index (Phi) is 4.83. The van der Waals surface area contributed by atoms with Gasteiger partial charge in [-0.1, -0.05) is 24.3 Å². The fourth-order valence-corrected chi connectivity index (χ4v) is 3.57. The molecule has 0 amide bonds. The summed E-state index contributed by atoms with van der Waals surface area (Å²) in [5.41, 5.74) is 0.981. The lowest BCUT2D eigenvalue weighted by atomic mass is 9.96. The number of morpholine rings is 1. The number of nitrogens with zero attached hydrogens (tertiary/aromatic N) is 1. The number of aromatic hydroxyl groups is 1. The lowest BCUT2D eigenvalue weighted by Crippen LogP contribution is -2.41. The zero-order valence-corrected chi connectivity index (χ0v) is 15.1. The molecule has 1 unspecified atom stereocenters. The van der Waals surface area contributed by atoms with Gasteiger partial charge >= 0.3 is 5.63 Å². The highest BCUT2D eigenvalue weighted by Gasteiger charge is 2.31. The zero-order chi connectivity index (χ0) is 18.8. The van der Waals surface area contributed by atoms with E-state index in [9.17, 15) is 9.90 Å². The van der Waals surface area contributed by atoms with Crippen LogP contribution in [0.5, 0.6) is 11.5 Å². The van der Waals surface area contributed by atoms with Crippen LogP contribution in [0.15, 0.2) is 57.7 Å². The molecular formula is C21H21NO5. The van der Waals surface area contributed by atoms with Crippen molar-refractivity contribution in [1.82, 2.24) is 4.90 Å². The van der Waals surface area contributed by atoms with E-state index in [1.165, 1.54) is 0 Å². The maximum atomic E-state index is 12.8. The number of hydrogen-bond donors (Lipinski definition) is 1. The minimum atomic E-state index is -0.529. The third kappa shape index (κ3) is 3.29. The van der Waals surface area contributed by atoms with E-state index in [1.807, 2.05) is 30.3 Å². The smallest absolute Gasteiger partial charge is 0.345 e. The average Bonchev–Trinajstić information content (AvgIpc) is 2.72. The highest BCUT2D eigenvalue weighted by Crippen LogP contribution is 2.37. The molecule has 140 valence electrons. The summed E-state index contributed by atoms with van der Waals surface area (Å²) in [6.07, 6.45) is 0. The van der Waals surface area contributed by atoms with Crippen LogP contribution in [0.2, 0.25) is 0 Å². The van der Waals surface area contributed by atoms with Gasteiger partial charge in [0.15, 0.2) is 0 Å². The third-order valence-corrected chi connectivity index (χ3v) is 4.94. The summed E-state index contributed by atoms with van der Waals surface area (Å²) in [7, 11) is 1.61. The van der Waals surface area contributed by atoms with E-state index >= 15 is 0 Å². The number of methoxy groups -OCH3 is 1. The molecule has 1 fully saturated rings. The lowest BCUT2D eigenvalue weighted by molar-refractivity contribution is 0.0230. The van der Waals surface area contributed by atoms with Gasteiger partial charge in [-0.15, -0.1) is 0 Å². The van der Waals surface area contributed by atoms with Crippen molar-refractivity contribution in [3.05, 3.63) is 70.1 Å². The van der Waals surface area contributed by atoms with E-state index in [4.69, 9.17) is 13.9 Å². The van der Waals surface area contributed by atoms with Gasteiger partial charge in [-0.2, -0.15) is 0 Å². The fourth-order valence-electron chi connectivity index (χ4n) is 3.57. The quantitative estimate of drug-likeness (QED) is 0.715. The van der Waals surface area contributed by atoms with Crippen molar-refractivity contribution >= 4 is 11.0 Å². The van der Waals surface area contributed by atoms with Crippen molar-refractivity contribution in [2.45, 2.75) is 6.04 Å². The van der Waals surface area contributed by atoms with Crippen molar-refractivity contribution in [3.63, 3.8) is 0 Å². The van der Waals surface area contributed by atoms with Crippen LogP contribution in [-0.2, 0) is 4.74 Å². The van der Waals surface area contributed by atoms with Crippen molar-refractivity contribution in [3.8, 4) is 11.5 Å².